The number of ether oxygens (including phenoxy) is 1. The molecule has 1 aliphatic rings. The Hall–Kier alpha value is -2.15. The van der Waals surface area contributed by atoms with E-state index in [2.05, 4.69) is 9.88 Å². The first-order chi connectivity index (χ1) is 12.5. The molecule has 0 saturated carbocycles. The van der Waals surface area contributed by atoms with Crippen molar-refractivity contribution < 1.29 is 14.6 Å². The molecule has 3 N–H and O–H groups in total. The summed E-state index contributed by atoms with van der Waals surface area (Å²) in [5.41, 5.74) is 7.28. The number of rotatable bonds is 7. The van der Waals surface area contributed by atoms with Crippen LogP contribution in [0.25, 0.3) is 0 Å². The molecule has 1 saturated heterocycles. The first-order valence-corrected chi connectivity index (χ1v) is 8.88. The second kappa shape index (κ2) is 8.49. The predicted molar refractivity (Wildman–Crippen MR) is 98.9 cm³/mol. The van der Waals surface area contributed by atoms with Gasteiger partial charge in [0.15, 0.2) is 6.61 Å². The van der Waals surface area contributed by atoms with E-state index in [4.69, 9.17) is 22.1 Å². The van der Waals surface area contributed by atoms with E-state index < -0.39 is 5.91 Å². The summed E-state index contributed by atoms with van der Waals surface area (Å²) >= 11 is 6.21. The van der Waals surface area contributed by atoms with Crippen LogP contribution in [0.4, 0.5) is 0 Å². The lowest BCUT2D eigenvalue weighted by Gasteiger charge is -2.16. The lowest BCUT2D eigenvalue weighted by molar-refractivity contribution is -0.119. The summed E-state index contributed by atoms with van der Waals surface area (Å²) in [4.78, 5) is 17.0. The molecule has 0 spiro atoms. The summed E-state index contributed by atoms with van der Waals surface area (Å²) in [5, 5.41) is 10.8. The van der Waals surface area contributed by atoms with Gasteiger partial charge >= 0.3 is 0 Å². The van der Waals surface area contributed by atoms with E-state index >= 15 is 0 Å². The van der Waals surface area contributed by atoms with Gasteiger partial charge in [0, 0.05) is 37.9 Å². The Labute approximate surface area is 157 Å². The van der Waals surface area contributed by atoms with Gasteiger partial charge in [-0.15, -0.1) is 0 Å². The van der Waals surface area contributed by atoms with Crippen LogP contribution in [-0.4, -0.2) is 46.7 Å². The minimum Gasteiger partial charge on any atom is -0.482 e. The average molecular weight is 376 g/mol. The smallest absolute Gasteiger partial charge is 0.255 e. The van der Waals surface area contributed by atoms with Crippen molar-refractivity contribution in [2.75, 3.05) is 19.7 Å². The fourth-order valence-corrected chi connectivity index (χ4v) is 3.52. The number of nitrogens with two attached hydrogens (primary N) is 1. The normalized spacial score (nSPS) is 20.2. The number of hydrogen-bond donors (Lipinski definition) is 2. The summed E-state index contributed by atoms with van der Waals surface area (Å²) in [7, 11) is 0. The maximum absolute atomic E-state index is 10.8. The molecule has 0 radical (unpaired) electrons. The number of hydrogen-bond acceptors (Lipinski definition) is 5. The van der Waals surface area contributed by atoms with Crippen LogP contribution in [0.3, 0.4) is 0 Å². The van der Waals surface area contributed by atoms with Gasteiger partial charge in [0.25, 0.3) is 5.91 Å². The van der Waals surface area contributed by atoms with E-state index in [9.17, 15) is 9.90 Å². The Bertz CT molecular complexity index is 757. The fourth-order valence-electron chi connectivity index (χ4n) is 3.26. The number of carbonyl (C=O) groups excluding carboxylic acids is 1. The Morgan fingerprint density at radius 2 is 2.04 bits per heavy atom. The van der Waals surface area contributed by atoms with Gasteiger partial charge in [-0.2, -0.15) is 0 Å². The number of nitrogens with zero attached hydrogens (tertiary/aromatic N) is 2. The van der Waals surface area contributed by atoms with Crippen molar-refractivity contribution in [2.24, 2.45) is 11.7 Å². The van der Waals surface area contributed by atoms with Gasteiger partial charge in [-0.05, 0) is 41.8 Å². The van der Waals surface area contributed by atoms with Crippen LogP contribution in [0, 0.1) is 5.92 Å². The first-order valence-electron chi connectivity index (χ1n) is 8.50. The van der Waals surface area contributed by atoms with E-state index in [1.54, 1.807) is 18.5 Å². The van der Waals surface area contributed by atoms with Crippen molar-refractivity contribution in [3.05, 3.63) is 58.9 Å². The molecule has 26 heavy (non-hydrogen) atoms. The monoisotopic (exact) mass is 375 g/mol. The molecule has 1 fully saturated rings. The maximum atomic E-state index is 10.8. The number of amides is 1. The summed E-state index contributed by atoms with van der Waals surface area (Å²) < 4.78 is 5.26. The van der Waals surface area contributed by atoms with Crippen LogP contribution in [0.2, 0.25) is 5.02 Å². The Balaban J connectivity index is 1.57. The number of halogens is 1. The molecule has 1 aromatic carbocycles. The molecule has 7 heteroatoms. The number of β-amino-alcohol motifs (C(OH)–C–C–N with tert-alkyl or cyclic N) is 1. The van der Waals surface area contributed by atoms with Crippen LogP contribution in [0.5, 0.6) is 5.75 Å². The van der Waals surface area contributed by atoms with Crippen molar-refractivity contribution in [2.45, 2.75) is 19.1 Å². The zero-order valence-corrected chi connectivity index (χ0v) is 15.1. The standard InChI is InChI=1S/C19H22ClN3O3/c20-16-8-14(1-2-18(16)26-12-19(21)25)9-23-10-15(17(24)11-23)7-13-3-5-22-6-4-13/h1-6,8,15,17,24H,7,9-12H2,(H2,21,25)/t15-,17-/m1/s1. The van der Waals surface area contributed by atoms with Gasteiger partial charge in [-0.3, -0.25) is 14.7 Å². The molecule has 3 rings (SSSR count). The van der Waals surface area contributed by atoms with E-state index in [-0.39, 0.29) is 18.6 Å². The molecular formula is C19H22ClN3O3. The van der Waals surface area contributed by atoms with Gasteiger partial charge < -0.3 is 15.6 Å². The molecule has 0 aliphatic carbocycles. The number of benzene rings is 1. The third kappa shape index (κ3) is 4.94. The molecule has 1 amide bonds. The molecule has 2 heterocycles. The predicted octanol–water partition coefficient (Wildman–Crippen LogP) is 1.63. The Kier molecular flexibility index (Phi) is 6.08. The maximum Gasteiger partial charge on any atom is 0.255 e. The minimum absolute atomic E-state index is 0.200. The average Bonchev–Trinajstić information content (AvgIpc) is 2.94. The number of aliphatic hydroxyl groups excluding tert-OH is 1. The first kappa shape index (κ1) is 18.6. The zero-order chi connectivity index (χ0) is 18.5. The van der Waals surface area contributed by atoms with Crippen LogP contribution in [0.1, 0.15) is 11.1 Å². The number of aliphatic hydroxyl groups is 1. The number of aromatic nitrogens is 1. The van der Waals surface area contributed by atoms with E-state index in [0.29, 0.717) is 23.9 Å². The third-order valence-electron chi connectivity index (χ3n) is 4.50. The summed E-state index contributed by atoms with van der Waals surface area (Å²) in [6, 6.07) is 9.44. The lowest BCUT2D eigenvalue weighted by atomic mass is 9.97. The topological polar surface area (TPSA) is 88.7 Å². The molecule has 1 aliphatic heterocycles. The van der Waals surface area contributed by atoms with E-state index in [0.717, 1.165) is 18.5 Å². The van der Waals surface area contributed by atoms with Crippen LogP contribution >= 0.6 is 11.6 Å². The van der Waals surface area contributed by atoms with Crippen molar-refractivity contribution in [1.29, 1.82) is 0 Å². The van der Waals surface area contributed by atoms with Crippen molar-refractivity contribution in [3.63, 3.8) is 0 Å². The highest BCUT2D eigenvalue weighted by Crippen LogP contribution is 2.28. The molecule has 138 valence electrons. The van der Waals surface area contributed by atoms with Crippen molar-refractivity contribution in [3.8, 4) is 5.75 Å². The second-order valence-electron chi connectivity index (χ2n) is 6.60. The highest BCUT2D eigenvalue weighted by molar-refractivity contribution is 6.32. The zero-order valence-electron chi connectivity index (χ0n) is 14.3. The van der Waals surface area contributed by atoms with Gasteiger partial charge in [0.2, 0.25) is 0 Å². The van der Waals surface area contributed by atoms with E-state index in [1.807, 2.05) is 24.3 Å². The highest BCUT2D eigenvalue weighted by Gasteiger charge is 2.31. The van der Waals surface area contributed by atoms with Gasteiger partial charge in [-0.1, -0.05) is 17.7 Å². The second-order valence-corrected chi connectivity index (χ2v) is 7.01. The number of primary amides is 1. The largest absolute Gasteiger partial charge is 0.482 e. The lowest BCUT2D eigenvalue weighted by Crippen LogP contribution is -2.21. The SMILES string of the molecule is NC(=O)COc1ccc(CN2C[C@@H](Cc3ccncc3)[C@H](O)C2)cc1Cl. The number of carbonyl (C=O) groups is 1. The number of pyridine rings is 1. The van der Waals surface area contributed by atoms with Crippen molar-refractivity contribution >= 4 is 17.5 Å². The molecule has 1 aromatic heterocycles. The van der Waals surface area contributed by atoms with Crippen LogP contribution in [0.15, 0.2) is 42.7 Å². The Morgan fingerprint density at radius 3 is 2.73 bits per heavy atom. The molecule has 2 aromatic rings. The third-order valence-corrected chi connectivity index (χ3v) is 4.80. The summed E-state index contributed by atoms with van der Waals surface area (Å²) in [5.74, 6) is 0.0914. The van der Waals surface area contributed by atoms with Crippen LogP contribution < -0.4 is 10.5 Å². The quantitative estimate of drug-likeness (QED) is 0.768. The Morgan fingerprint density at radius 1 is 1.27 bits per heavy atom. The summed E-state index contributed by atoms with van der Waals surface area (Å²) in [6.07, 6.45) is 4.04. The van der Waals surface area contributed by atoms with Crippen molar-refractivity contribution in [1.82, 2.24) is 9.88 Å². The molecule has 6 nitrogen and oxygen atoms in total. The number of likely N-dealkylation sites (tertiary alicyclic amines) is 1. The molecule has 0 unspecified atom stereocenters. The van der Waals surface area contributed by atoms with E-state index in [1.165, 1.54) is 5.56 Å². The molecule has 0 bridgehead atoms. The summed E-state index contributed by atoms with van der Waals surface area (Å²) in [6.45, 7) is 1.95. The van der Waals surface area contributed by atoms with Gasteiger partial charge in [0.1, 0.15) is 5.75 Å². The van der Waals surface area contributed by atoms with Crippen LogP contribution in [-0.2, 0) is 17.8 Å². The minimum atomic E-state index is -0.545. The molecular weight excluding hydrogens is 354 g/mol. The highest BCUT2D eigenvalue weighted by atomic mass is 35.5. The van der Waals surface area contributed by atoms with Gasteiger partial charge in [-0.25, -0.2) is 0 Å². The molecule has 2 atom stereocenters. The fraction of sp³-hybridized carbons (Fsp3) is 0.368. The van der Waals surface area contributed by atoms with Gasteiger partial charge in [0.05, 0.1) is 11.1 Å².